The Kier molecular flexibility index (Phi) is 6.73. The van der Waals surface area contributed by atoms with E-state index in [9.17, 15) is 0 Å². The highest BCUT2D eigenvalue weighted by atomic mass is 14.9. The molecule has 0 fully saturated rings. The molecule has 1 aliphatic carbocycles. The average molecular weight is 591 g/mol. The number of hydrogen-bond acceptors (Lipinski definition) is 2. The zero-order chi connectivity index (χ0) is 31.3. The van der Waals surface area contributed by atoms with Gasteiger partial charge in [-0.2, -0.15) is 0 Å². The summed E-state index contributed by atoms with van der Waals surface area (Å²) < 4.78 is 0. The molecule has 0 spiro atoms. The molecule has 0 saturated carbocycles. The Morgan fingerprint density at radius 2 is 0.913 bits per heavy atom. The number of hydrogen-bond donors (Lipinski definition) is 0. The Morgan fingerprint density at radius 1 is 0.391 bits per heavy atom. The first-order valence-corrected chi connectivity index (χ1v) is 15.9. The van der Waals surface area contributed by atoms with Crippen LogP contribution in [0.4, 0.5) is 0 Å². The van der Waals surface area contributed by atoms with Crippen LogP contribution in [-0.4, -0.2) is 9.97 Å². The number of nitrogens with zero attached hydrogens (tertiary/aromatic N) is 2. The molecule has 2 heteroatoms. The van der Waals surface area contributed by atoms with Gasteiger partial charge in [-0.15, -0.1) is 0 Å². The molecule has 8 rings (SSSR count). The van der Waals surface area contributed by atoms with E-state index in [1.54, 1.807) is 0 Å². The summed E-state index contributed by atoms with van der Waals surface area (Å²) in [6.07, 6.45) is 0. The van der Waals surface area contributed by atoms with Crippen LogP contribution in [0.2, 0.25) is 0 Å². The van der Waals surface area contributed by atoms with E-state index in [4.69, 9.17) is 9.97 Å². The van der Waals surface area contributed by atoms with E-state index in [-0.39, 0.29) is 5.41 Å². The fourth-order valence-electron chi connectivity index (χ4n) is 7.01. The minimum absolute atomic E-state index is 0.0169. The van der Waals surface area contributed by atoms with Gasteiger partial charge in [0.25, 0.3) is 0 Å². The largest absolute Gasteiger partial charge is 0.228 e. The number of fused-ring (bicyclic) bond motifs is 3. The molecule has 1 aliphatic rings. The smallest absolute Gasteiger partial charge is 0.160 e. The molecule has 220 valence electrons. The molecule has 0 unspecified atom stereocenters. The molecule has 0 bridgehead atoms. The quantitative estimate of drug-likeness (QED) is 0.199. The van der Waals surface area contributed by atoms with Gasteiger partial charge in [-0.1, -0.05) is 153 Å². The van der Waals surface area contributed by atoms with E-state index in [0.717, 1.165) is 39.5 Å². The Bertz CT molecular complexity index is 2150. The van der Waals surface area contributed by atoms with Crippen LogP contribution in [-0.2, 0) is 5.41 Å². The second-order valence-corrected chi connectivity index (χ2v) is 12.7. The molecule has 0 radical (unpaired) electrons. The highest BCUT2D eigenvalue weighted by Crippen LogP contribution is 2.49. The van der Waals surface area contributed by atoms with E-state index < -0.39 is 0 Å². The lowest BCUT2D eigenvalue weighted by atomic mass is 9.82. The predicted octanol–water partition coefficient (Wildman–Crippen LogP) is 11.4. The maximum absolute atomic E-state index is 5.09. The molecule has 0 N–H and O–H groups in total. The van der Waals surface area contributed by atoms with Crippen LogP contribution in [0.25, 0.3) is 67.3 Å². The second-order valence-electron chi connectivity index (χ2n) is 12.7. The molecule has 7 aromatic rings. The molecular weight excluding hydrogens is 556 g/mol. The predicted molar refractivity (Wildman–Crippen MR) is 192 cm³/mol. The van der Waals surface area contributed by atoms with Crippen LogP contribution in [0, 0.1) is 6.92 Å². The summed E-state index contributed by atoms with van der Waals surface area (Å²) in [6.45, 7) is 6.83. The monoisotopic (exact) mass is 590 g/mol. The first kappa shape index (κ1) is 27.9. The van der Waals surface area contributed by atoms with Crippen molar-refractivity contribution in [3.05, 3.63) is 168 Å². The molecule has 1 heterocycles. The van der Waals surface area contributed by atoms with Crippen LogP contribution in [0.15, 0.2) is 152 Å². The highest BCUT2D eigenvalue weighted by molar-refractivity contribution is 5.85. The van der Waals surface area contributed by atoms with E-state index >= 15 is 0 Å². The van der Waals surface area contributed by atoms with Gasteiger partial charge in [-0.3, -0.25) is 0 Å². The molecule has 0 atom stereocenters. The van der Waals surface area contributed by atoms with Gasteiger partial charge in [0.1, 0.15) is 0 Å². The van der Waals surface area contributed by atoms with Crippen LogP contribution in [0.1, 0.15) is 30.5 Å². The lowest BCUT2D eigenvalue weighted by Crippen LogP contribution is -2.14. The standard InChI is InChI=1S/C44H34N2/c1-29-35(31-23-21-30(22-24-31)34-25-26-40-38(27-34)37-17-10-11-20-39(37)44(40,2)3)18-12-19-36(29)43-45-41(32-13-6-4-7-14-32)28-42(46-43)33-15-8-5-9-16-33/h4-28H,1-3H3. The number of rotatable bonds is 5. The van der Waals surface area contributed by atoms with Crippen LogP contribution in [0.5, 0.6) is 0 Å². The minimum Gasteiger partial charge on any atom is -0.228 e. The first-order valence-electron chi connectivity index (χ1n) is 15.9. The molecular formula is C44H34N2. The van der Waals surface area contributed by atoms with Crippen molar-refractivity contribution in [2.75, 3.05) is 0 Å². The normalized spacial score (nSPS) is 12.8. The van der Waals surface area contributed by atoms with Crippen molar-refractivity contribution in [3.8, 4) is 67.3 Å². The van der Waals surface area contributed by atoms with E-state index in [1.165, 1.54) is 44.5 Å². The van der Waals surface area contributed by atoms with Gasteiger partial charge >= 0.3 is 0 Å². The zero-order valence-corrected chi connectivity index (χ0v) is 26.3. The molecule has 46 heavy (non-hydrogen) atoms. The summed E-state index contributed by atoms with van der Waals surface area (Å²) in [5.74, 6) is 0.734. The van der Waals surface area contributed by atoms with Gasteiger partial charge < -0.3 is 0 Å². The van der Waals surface area contributed by atoms with E-state index in [2.05, 4.69) is 160 Å². The molecule has 0 amide bonds. The lowest BCUT2D eigenvalue weighted by molar-refractivity contribution is 0.660. The van der Waals surface area contributed by atoms with Crippen LogP contribution >= 0.6 is 0 Å². The first-order chi connectivity index (χ1) is 22.5. The van der Waals surface area contributed by atoms with Crippen molar-refractivity contribution in [2.45, 2.75) is 26.2 Å². The zero-order valence-electron chi connectivity index (χ0n) is 26.3. The second kappa shape index (κ2) is 11.1. The van der Waals surface area contributed by atoms with Crippen LogP contribution in [0.3, 0.4) is 0 Å². The van der Waals surface area contributed by atoms with Crippen molar-refractivity contribution in [1.82, 2.24) is 9.97 Å². The topological polar surface area (TPSA) is 25.8 Å². The maximum atomic E-state index is 5.09. The maximum Gasteiger partial charge on any atom is 0.160 e. The Morgan fingerprint density at radius 3 is 1.59 bits per heavy atom. The van der Waals surface area contributed by atoms with E-state index in [0.29, 0.717) is 0 Å². The Labute approximate surface area is 271 Å². The average Bonchev–Trinajstić information content (AvgIpc) is 3.34. The summed E-state index contributed by atoms with van der Waals surface area (Å²) in [4.78, 5) is 10.2. The number of aromatic nitrogens is 2. The minimum atomic E-state index is 0.0169. The van der Waals surface area contributed by atoms with Gasteiger partial charge in [-0.05, 0) is 69.1 Å². The van der Waals surface area contributed by atoms with Crippen molar-refractivity contribution in [2.24, 2.45) is 0 Å². The summed E-state index contributed by atoms with van der Waals surface area (Å²) in [7, 11) is 0. The van der Waals surface area contributed by atoms with Crippen LogP contribution < -0.4 is 0 Å². The third-order valence-corrected chi connectivity index (χ3v) is 9.55. The number of benzene rings is 6. The molecule has 0 aliphatic heterocycles. The molecule has 1 aromatic heterocycles. The summed E-state index contributed by atoms with van der Waals surface area (Å²) >= 11 is 0. The van der Waals surface area contributed by atoms with E-state index in [1.807, 2.05) is 12.1 Å². The molecule has 0 saturated heterocycles. The third-order valence-electron chi connectivity index (χ3n) is 9.55. The lowest BCUT2D eigenvalue weighted by Gasteiger charge is -2.21. The third kappa shape index (κ3) is 4.74. The summed E-state index contributed by atoms with van der Waals surface area (Å²) in [5.41, 5.74) is 16.5. The molecule has 6 aromatic carbocycles. The summed E-state index contributed by atoms with van der Waals surface area (Å²) in [5, 5.41) is 0. The fraction of sp³-hybridized carbons (Fsp3) is 0.0909. The van der Waals surface area contributed by atoms with Gasteiger partial charge in [0, 0.05) is 22.1 Å². The van der Waals surface area contributed by atoms with Gasteiger partial charge in [0.15, 0.2) is 5.82 Å². The summed E-state index contributed by atoms with van der Waals surface area (Å²) in [6, 6.07) is 54.0. The van der Waals surface area contributed by atoms with Gasteiger partial charge in [-0.25, -0.2) is 9.97 Å². The molecule has 2 nitrogen and oxygen atoms in total. The van der Waals surface area contributed by atoms with Crippen molar-refractivity contribution in [3.63, 3.8) is 0 Å². The Hall–Kier alpha value is -5.60. The SMILES string of the molecule is Cc1c(-c2ccc(-c3ccc4c(c3)-c3ccccc3C4(C)C)cc2)cccc1-c1nc(-c2ccccc2)cc(-c2ccccc2)n1. The van der Waals surface area contributed by atoms with Gasteiger partial charge in [0.05, 0.1) is 11.4 Å². The van der Waals surface area contributed by atoms with Crippen molar-refractivity contribution in [1.29, 1.82) is 0 Å². The van der Waals surface area contributed by atoms with Crippen molar-refractivity contribution < 1.29 is 0 Å². The van der Waals surface area contributed by atoms with Gasteiger partial charge in [0.2, 0.25) is 0 Å². The Balaban J connectivity index is 1.17. The highest BCUT2D eigenvalue weighted by Gasteiger charge is 2.35. The fourth-order valence-corrected chi connectivity index (χ4v) is 7.01. The van der Waals surface area contributed by atoms with Crippen molar-refractivity contribution >= 4 is 0 Å².